The van der Waals surface area contributed by atoms with Crippen molar-refractivity contribution in [1.82, 2.24) is 34.2 Å². The van der Waals surface area contributed by atoms with Gasteiger partial charge in [0.1, 0.15) is 19.1 Å². The number of imidazole rings is 1. The van der Waals surface area contributed by atoms with Crippen LogP contribution < -0.4 is 5.56 Å². The van der Waals surface area contributed by atoms with Gasteiger partial charge in [-0.25, -0.2) is 14.5 Å². The molecule has 3 atom stereocenters. The van der Waals surface area contributed by atoms with E-state index in [2.05, 4.69) is 41.9 Å². The molecule has 1 aliphatic heterocycles. The number of hydrogen-bond acceptors (Lipinski definition) is 7. The Morgan fingerprint density at radius 3 is 2.87 bits per heavy atom. The molecule has 4 aromatic rings. The molecule has 30 heavy (non-hydrogen) atoms. The number of aryl methyl sites for hydroxylation is 2. The summed E-state index contributed by atoms with van der Waals surface area (Å²) in [5.41, 5.74) is 1.85. The van der Waals surface area contributed by atoms with Gasteiger partial charge >= 0.3 is 5.82 Å². The van der Waals surface area contributed by atoms with E-state index in [9.17, 15) is 4.79 Å². The lowest BCUT2D eigenvalue weighted by Crippen LogP contribution is -2.22. The van der Waals surface area contributed by atoms with Gasteiger partial charge in [-0.05, 0) is 23.5 Å². The van der Waals surface area contributed by atoms with Gasteiger partial charge in [-0.2, -0.15) is 4.98 Å². The Bertz CT molecular complexity index is 1360. The summed E-state index contributed by atoms with van der Waals surface area (Å²) < 4.78 is 10.7. The van der Waals surface area contributed by atoms with E-state index >= 15 is 0 Å². The summed E-state index contributed by atoms with van der Waals surface area (Å²) in [7, 11) is 1.77. The van der Waals surface area contributed by atoms with Crippen molar-refractivity contribution in [2.75, 3.05) is 6.54 Å². The third kappa shape index (κ3) is 2.60. The highest BCUT2D eigenvalue weighted by molar-refractivity contribution is 5.69. The minimum Gasteiger partial charge on any atom is -0.337 e. The molecule has 5 heterocycles. The van der Waals surface area contributed by atoms with Crippen LogP contribution in [-0.2, 0) is 13.6 Å². The second-order valence-corrected chi connectivity index (χ2v) is 8.01. The largest absolute Gasteiger partial charge is 0.337 e. The molecular weight excluding hydrogens is 384 g/mol. The molecule has 2 aliphatic rings. The average molecular weight is 403 g/mol. The van der Waals surface area contributed by atoms with E-state index in [1.807, 2.05) is 19.2 Å². The van der Waals surface area contributed by atoms with Gasteiger partial charge in [0.2, 0.25) is 5.89 Å². The summed E-state index contributed by atoms with van der Waals surface area (Å²) in [6, 6.07) is 4.12. The van der Waals surface area contributed by atoms with Crippen molar-refractivity contribution in [3.63, 3.8) is 0 Å². The van der Waals surface area contributed by atoms with Crippen LogP contribution in [0.25, 0.3) is 11.2 Å². The fourth-order valence-electron chi connectivity index (χ4n) is 4.30. The molecule has 0 bridgehead atoms. The highest BCUT2D eigenvalue weighted by Crippen LogP contribution is 2.55. The lowest BCUT2D eigenvalue weighted by atomic mass is 10.2. The van der Waals surface area contributed by atoms with Crippen molar-refractivity contribution in [1.29, 1.82) is 0 Å². The predicted molar refractivity (Wildman–Crippen MR) is 106 cm³/mol. The predicted octanol–water partition coefficient (Wildman–Crippen LogP) is 1.02. The Morgan fingerprint density at radius 2 is 2.10 bits per heavy atom. The lowest BCUT2D eigenvalue weighted by Gasteiger charge is -2.02. The molecule has 10 nitrogen and oxygen atoms in total. The van der Waals surface area contributed by atoms with Crippen LogP contribution in [0.3, 0.4) is 0 Å². The van der Waals surface area contributed by atoms with Gasteiger partial charge < -0.3 is 9.09 Å². The third-order valence-electron chi connectivity index (χ3n) is 5.97. The van der Waals surface area contributed by atoms with Crippen molar-refractivity contribution in [2.24, 2.45) is 18.9 Å². The van der Waals surface area contributed by atoms with Crippen LogP contribution in [0.1, 0.15) is 23.2 Å². The molecule has 10 heteroatoms. The Labute approximate surface area is 170 Å². The Balaban J connectivity index is 1.20. The minimum atomic E-state index is -0.183. The summed E-state index contributed by atoms with van der Waals surface area (Å²) in [5.74, 6) is 3.20. The van der Waals surface area contributed by atoms with Gasteiger partial charge in [0.05, 0.1) is 19.1 Å². The maximum atomic E-state index is 12.7. The number of aromatic nitrogens is 7. The van der Waals surface area contributed by atoms with Gasteiger partial charge in [-0.1, -0.05) is 5.16 Å². The Morgan fingerprint density at radius 1 is 1.23 bits per heavy atom. The summed E-state index contributed by atoms with van der Waals surface area (Å²) in [6.45, 7) is 3.12. The molecule has 1 fully saturated rings. The molecule has 0 saturated heterocycles. The van der Waals surface area contributed by atoms with Gasteiger partial charge in [0, 0.05) is 30.9 Å². The lowest BCUT2D eigenvalue weighted by molar-refractivity contribution is -0.437. The SMILES string of the molecule is Cc1ccc([N+]2=C[C@@H]3[C@H](C2)[C@H]3c2noc(Cn3cnc4ncn(C)c4c3=O)n2)nc1. The van der Waals surface area contributed by atoms with E-state index in [1.54, 1.807) is 17.9 Å². The highest BCUT2D eigenvalue weighted by atomic mass is 16.5. The van der Waals surface area contributed by atoms with Gasteiger partial charge in [0.15, 0.2) is 17.0 Å². The smallest absolute Gasteiger partial charge is 0.322 e. The molecule has 0 unspecified atom stereocenters. The molecule has 0 N–H and O–H groups in total. The van der Waals surface area contributed by atoms with Crippen LogP contribution in [0.4, 0.5) is 5.82 Å². The zero-order valence-electron chi connectivity index (χ0n) is 16.5. The molecule has 0 aromatic carbocycles. The molecule has 1 aliphatic carbocycles. The first-order valence-electron chi connectivity index (χ1n) is 9.82. The van der Waals surface area contributed by atoms with E-state index in [0.29, 0.717) is 34.7 Å². The summed E-state index contributed by atoms with van der Waals surface area (Å²) in [5, 5.41) is 4.17. The van der Waals surface area contributed by atoms with E-state index in [-0.39, 0.29) is 18.0 Å². The zero-order valence-corrected chi connectivity index (χ0v) is 16.5. The Hall–Kier alpha value is -3.69. The van der Waals surface area contributed by atoms with Crippen molar-refractivity contribution in [2.45, 2.75) is 19.4 Å². The summed E-state index contributed by atoms with van der Waals surface area (Å²) in [6.07, 6.45) is 7.14. The molecular formula is C20H19N8O2+. The number of pyridine rings is 1. The van der Waals surface area contributed by atoms with Crippen LogP contribution in [-0.4, -0.2) is 51.6 Å². The van der Waals surface area contributed by atoms with Crippen LogP contribution in [0.2, 0.25) is 0 Å². The normalized spacial score (nSPS) is 22.3. The molecule has 0 amide bonds. The van der Waals surface area contributed by atoms with Crippen molar-refractivity contribution >= 4 is 23.2 Å². The number of hydrogen-bond donors (Lipinski definition) is 0. The average Bonchev–Trinajstić information content (AvgIpc) is 3.16. The standard InChI is InChI=1S/C20H19N8O2/c1-11-3-4-14(21-5-11)27-6-12-13(7-27)16(12)18-24-15(30-25-18)8-28-10-23-19-17(20(28)29)26(2)9-22-19/h3-6,9-10,12-13,16H,7-8H2,1-2H3/q+1/t12-,13+,16+/m1/s1. The molecule has 4 aromatic heterocycles. The van der Waals surface area contributed by atoms with Gasteiger partial charge in [-0.3, -0.25) is 9.36 Å². The second kappa shape index (κ2) is 6.15. The van der Waals surface area contributed by atoms with Crippen LogP contribution >= 0.6 is 0 Å². The van der Waals surface area contributed by atoms with Gasteiger partial charge in [-0.15, -0.1) is 0 Å². The quantitative estimate of drug-likeness (QED) is 0.468. The van der Waals surface area contributed by atoms with E-state index in [4.69, 9.17) is 4.52 Å². The first kappa shape index (κ1) is 17.2. The van der Waals surface area contributed by atoms with Crippen LogP contribution in [0.15, 0.2) is 40.3 Å². The number of fused-ring (bicyclic) bond motifs is 2. The molecule has 150 valence electrons. The Kier molecular flexibility index (Phi) is 3.53. The maximum absolute atomic E-state index is 12.7. The van der Waals surface area contributed by atoms with Gasteiger partial charge in [0.25, 0.3) is 5.56 Å². The first-order chi connectivity index (χ1) is 14.6. The van der Waals surface area contributed by atoms with E-state index in [0.717, 1.165) is 17.9 Å². The summed E-state index contributed by atoms with van der Waals surface area (Å²) in [4.78, 5) is 30.1. The maximum Gasteiger partial charge on any atom is 0.322 e. The van der Waals surface area contributed by atoms with Crippen molar-refractivity contribution in [3.05, 3.63) is 58.6 Å². The second-order valence-electron chi connectivity index (χ2n) is 8.01. The third-order valence-corrected chi connectivity index (χ3v) is 5.97. The topological polar surface area (TPSA) is 108 Å². The zero-order chi connectivity index (χ0) is 20.4. The van der Waals surface area contributed by atoms with E-state index in [1.165, 1.54) is 10.9 Å². The van der Waals surface area contributed by atoms with Crippen LogP contribution in [0, 0.1) is 18.8 Å². The molecule has 6 rings (SSSR count). The first-order valence-corrected chi connectivity index (χ1v) is 9.82. The summed E-state index contributed by atoms with van der Waals surface area (Å²) >= 11 is 0. The molecule has 1 saturated carbocycles. The number of nitrogens with zero attached hydrogens (tertiary/aromatic N) is 8. The van der Waals surface area contributed by atoms with E-state index < -0.39 is 0 Å². The fraction of sp³-hybridized carbons (Fsp3) is 0.350. The minimum absolute atomic E-state index is 0.183. The van der Waals surface area contributed by atoms with Crippen molar-refractivity contribution in [3.8, 4) is 0 Å². The monoisotopic (exact) mass is 403 g/mol. The highest BCUT2D eigenvalue weighted by Gasteiger charge is 2.58. The molecule has 0 radical (unpaired) electrons. The number of rotatable bonds is 4. The molecule has 0 spiro atoms. The van der Waals surface area contributed by atoms with Crippen molar-refractivity contribution < 1.29 is 9.10 Å². The fourth-order valence-corrected chi connectivity index (χ4v) is 4.30. The van der Waals surface area contributed by atoms with Crippen LogP contribution in [0.5, 0.6) is 0 Å².